The molecule has 19 heavy (non-hydrogen) atoms. The topological polar surface area (TPSA) is 48.4 Å². The van der Waals surface area contributed by atoms with Gasteiger partial charge in [0.1, 0.15) is 17.0 Å². The van der Waals surface area contributed by atoms with E-state index in [1.54, 1.807) is 0 Å². The summed E-state index contributed by atoms with van der Waals surface area (Å²) in [5, 5.41) is 0. The summed E-state index contributed by atoms with van der Waals surface area (Å²) in [5.41, 5.74) is -2.54. The number of methoxy groups -OCH3 is 1. The first-order valence-electron chi connectivity index (χ1n) is 4.45. The zero-order valence-electron chi connectivity index (χ0n) is 9.09. The summed E-state index contributed by atoms with van der Waals surface area (Å²) in [6, 6.07) is 0.206. The van der Waals surface area contributed by atoms with Crippen LogP contribution < -0.4 is 9.47 Å². The van der Waals surface area contributed by atoms with E-state index in [0.29, 0.717) is 0 Å². The van der Waals surface area contributed by atoms with Crippen LogP contribution in [0.25, 0.3) is 0 Å². The van der Waals surface area contributed by atoms with Gasteiger partial charge in [0, 0.05) is 6.07 Å². The maximum atomic E-state index is 12.5. The second-order valence-corrected chi connectivity index (χ2v) is 3.09. The molecule has 106 valence electrons. The second kappa shape index (κ2) is 4.94. The molecule has 0 saturated heterocycles. The molecule has 0 aliphatic rings. The van der Waals surface area contributed by atoms with Crippen molar-refractivity contribution in [1.29, 1.82) is 0 Å². The lowest BCUT2D eigenvalue weighted by atomic mass is 10.2. The second-order valence-electron chi connectivity index (χ2n) is 3.09. The molecule has 0 N–H and O–H groups in total. The number of carbonyl (C=O) groups excluding carboxylic acids is 1. The van der Waals surface area contributed by atoms with Gasteiger partial charge in [-0.2, -0.15) is 13.2 Å². The predicted octanol–water partition coefficient (Wildman–Crippen LogP) is 2.82. The molecule has 0 aromatic carbocycles. The van der Waals surface area contributed by atoms with E-state index in [1.807, 2.05) is 0 Å². The predicted molar refractivity (Wildman–Crippen MR) is 47.9 cm³/mol. The molecule has 1 aromatic rings. The Morgan fingerprint density at radius 1 is 1.21 bits per heavy atom. The molecule has 0 bridgehead atoms. The van der Waals surface area contributed by atoms with E-state index in [4.69, 9.17) is 0 Å². The summed E-state index contributed by atoms with van der Waals surface area (Å²) in [7, 11) is 0.939. The number of hydrogen-bond acceptors (Lipinski definition) is 4. The van der Waals surface area contributed by atoms with Crippen molar-refractivity contribution in [3.05, 3.63) is 17.3 Å². The molecule has 0 aliphatic carbocycles. The Labute approximate surface area is 101 Å². The quantitative estimate of drug-likeness (QED) is 0.634. The zero-order chi connectivity index (χ0) is 14.8. The van der Waals surface area contributed by atoms with Crippen LogP contribution in [0.15, 0.2) is 6.07 Å². The molecule has 0 spiro atoms. The molecule has 0 unspecified atom stereocenters. The van der Waals surface area contributed by atoms with Gasteiger partial charge < -0.3 is 9.47 Å². The van der Waals surface area contributed by atoms with Crippen molar-refractivity contribution < 1.29 is 40.6 Å². The third kappa shape index (κ3) is 3.73. The molecule has 1 heterocycles. The Hall–Kier alpha value is -2.00. The normalized spacial score (nSPS) is 12.2. The van der Waals surface area contributed by atoms with E-state index < -0.39 is 35.4 Å². The smallest absolute Gasteiger partial charge is 0.494 e. The maximum Gasteiger partial charge on any atom is 0.574 e. The van der Waals surface area contributed by atoms with E-state index in [9.17, 15) is 31.1 Å². The Morgan fingerprint density at radius 2 is 1.79 bits per heavy atom. The third-order valence-electron chi connectivity index (χ3n) is 1.83. The van der Waals surface area contributed by atoms with Gasteiger partial charge in [0.15, 0.2) is 6.29 Å². The lowest BCUT2D eigenvalue weighted by molar-refractivity contribution is -0.277. The number of carbonyl (C=O) groups is 1. The fraction of sp³-hybridized carbons (Fsp3) is 0.333. The summed E-state index contributed by atoms with van der Waals surface area (Å²) in [5.74, 6) is -2.38. The molecule has 0 atom stereocenters. The van der Waals surface area contributed by atoms with Crippen LogP contribution in [0.1, 0.15) is 16.1 Å². The van der Waals surface area contributed by atoms with Crippen LogP contribution in [0.5, 0.6) is 11.6 Å². The van der Waals surface area contributed by atoms with Crippen LogP contribution in [0.4, 0.5) is 26.3 Å². The highest BCUT2D eigenvalue weighted by Crippen LogP contribution is 2.39. The van der Waals surface area contributed by atoms with Crippen molar-refractivity contribution >= 4 is 6.29 Å². The summed E-state index contributed by atoms with van der Waals surface area (Å²) in [6.07, 6.45) is -10.6. The van der Waals surface area contributed by atoms with Crippen molar-refractivity contribution in [3.8, 4) is 11.6 Å². The zero-order valence-corrected chi connectivity index (χ0v) is 9.09. The average molecular weight is 289 g/mol. The van der Waals surface area contributed by atoms with E-state index >= 15 is 0 Å². The van der Waals surface area contributed by atoms with Crippen molar-refractivity contribution in [1.82, 2.24) is 4.98 Å². The average Bonchev–Trinajstić information content (AvgIpc) is 2.24. The number of ether oxygens (including phenoxy) is 2. The summed E-state index contributed by atoms with van der Waals surface area (Å²) >= 11 is 0. The molecule has 0 aliphatic heterocycles. The largest absolute Gasteiger partial charge is 0.574 e. The van der Waals surface area contributed by atoms with Crippen LogP contribution >= 0.6 is 0 Å². The van der Waals surface area contributed by atoms with Gasteiger partial charge in [0.25, 0.3) is 0 Å². The van der Waals surface area contributed by atoms with Crippen molar-refractivity contribution in [2.75, 3.05) is 7.11 Å². The van der Waals surface area contributed by atoms with E-state index in [1.165, 1.54) is 0 Å². The molecule has 0 saturated carbocycles. The molecular weight excluding hydrogens is 284 g/mol. The van der Waals surface area contributed by atoms with Crippen LogP contribution in [0.2, 0.25) is 0 Å². The number of halogens is 6. The van der Waals surface area contributed by atoms with E-state index in [-0.39, 0.29) is 12.4 Å². The Bertz CT molecular complexity index is 482. The van der Waals surface area contributed by atoms with Crippen molar-refractivity contribution in [3.63, 3.8) is 0 Å². The van der Waals surface area contributed by atoms with Gasteiger partial charge in [-0.1, -0.05) is 0 Å². The molecule has 0 amide bonds. The molecule has 1 aromatic heterocycles. The Morgan fingerprint density at radius 3 is 2.16 bits per heavy atom. The van der Waals surface area contributed by atoms with Gasteiger partial charge in [-0.15, -0.1) is 13.2 Å². The van der Waals surface area contributed by atoms with Crippen LogP contribution in [-0.2, 0) is 6.18 Å². The SMILES string of the molecule is COc1cc(C(F)(F)F)c(OC(F)(F)F)nc1C=O. The minimum Gasteiger partial charge on any atom is -0.494 e. The monoisotopic (exact) mass is 289 g/mol. The summed E-state index contributed by atoms with van der Waals surface area (Å²) < 4.78 is 81.2. The molecule has 0 radical (unpaired) electrons. The van der Waals surface area contributed by atoms with E-state index in [0.717, 1.165) is 7.11 Å². The van der Waals surface area contributed by atoms with Crippen LogP contribution in [0, 0.1) is 0 Å². The van der Waals surface area contributed by atoms with Gasteiger partial charge in [0.05, 0.1) is 7.11 Å². The Balaban J connectivity index is 3.45. The molecule has 10 heteroatoms. The van der Waals surface area contributed by atoms with Crippen LogP contribution in [-0.4, -0.2) is 24.7 Å². The first-order chi connectivity index (χ1) is 8.58. The fourth-order valence-corrected chi connectivity index (χ4v) is 1.13. The minimum absolute atomic E-state index is 0.0534. The highest BCUT2D eigenvalue weighted by molar-refractivity contribution is 5.77. The van der Waals surface area contributed by atoms with Crippen molar-refractivity contribution in [2.24, 2.45) is 0 Å². The van der Waals surface area contributed by atoms with Gasteiger partial charge >= 0.3 is 12.5 Å². The first-order valence-corrected chi connectivity index (χ1v) is 4.45. The molecular formula is C9H5F6NO3. The van der Waals surface area contributed by atoms with Gasteiger partial charge in [-0.3, -0.25) is 4.79 Å². The third-order valence-corrected chi connectivity index (χ3v) is 1.83. The van der Waals surface area contributed by atoms with Gasteiger partial charge in [0.2, 0.25) is 5.88 Å². The molecule has 4 nitrogen and oxygen atoms in total. The number of hydrogen-bond donors (Lipinski definition) is 0. The van der Waals surface area contributed by atoms with E-state index in [2.05, 4.69) is 14.5 Å². The number of alkyl halides is 6. The highest BCUT2D eigenvalue weighted by atomic mass is 19.4. The Kier molecular flexibility index (Phi) is 3.91. The standard InChI is InChI=1S/C9H5F6NO3/c1-18-6-2-4(8(10,11)12)7(16-5(6)3-17)19-9(13,14)15/h2-3H,1H3. The lowest BCUT2D eigenvalue weighted by Crippen LogP contribution is -2.21. The van der Waals surface area contributed by atoms with Crippen molar-refractivity contribution in [2.45, 2.75) is 12.5 Å². The fourth-order valence-electron chi connectivity index (χ4n) is 1.13. The lowest BCUT2D eigenvalue weighted by Gasteiger charge is -2.16. The highest BCUT2D eigenvalue weighted by Gasteiger charge is 2.41. The van der Waals surface area contributed by atoms with Gasteiger partial charge in [-0.25, -0.2) is 4.98 Å². The molecule has 0 fully saturated rings. The molecule has 1 rings (SSSR count). The van der Waals surface area contributed by atoms with Gasteiger partial charge in [-0.05, 0) is 0 Å². The number of nitrogens with zero attached hydrogens (tertiary/aromatic N) is 1. The minimum atomic E-state index is -5.37. The number of rotatable bonds is 3. The number of aromatic nitrogens is 1. The maximum absolute atomic E-state index is 12.5. The summed E-state index contributed by atoms with van der Waals surface area (Å²) in [6.45, 7) is 0. The first kappa shape index (κ1) is 15.1. The summed E-state index contributed by atoms with van der Waals surface area (Å²) in [4.78, 5) is 13.4. The van der Waals surface area contributed by atoms with Crippen LogP contribution in [0.3, 0.4) is 0 Å². The number of pyridine rings is 1. The number of aldehydes is 1.